The average molecular weight is 389 g/mol. The molecular formula is C16H22ClFN4O2S. The second-order valence-electron chi connectivity index (χ2n) is 6.14. The molecule has 1 saturated heterocycles. The molecule has 0 saturated carbocycles. The highest BCUT2D eigenvalue weighted by Crippen LogP contribution is 2.28. The zero-order valence-corrected chi connectivity index (χ0v) is 15.7. The van der Waals surface area contributed by atoms with Crippen LogP contribution in [0.3, 0.4) is 0 Å². The molecule has 0 spiro atoms. The molecule has 1 unspecified atom stereocenters. The van der Waals surface area contributed by atoms with E-state index in [1.807, 2.05) is 13.8 Å². The zero-order chi connectivity index (χ0) is 17.3. The number of hydrogen-bond acceptors (Lipinski definition) is 4. The number of rotatable bonds is 4. The van der Waals surface area contributed by atoms with Crippen LogP contribution in [0.5, 0.6) is 0 Å². The minimum absolute atomic E-state index is 0. The van der Waals surface area contributed by atoms with Crippen LogP contribution < -0.4 is 5.32 Å². The van der Waals surface area contributed by atoms with Gasteiger partial charge in [-0.05, 0) is 31.5 Å². The summed E-state index contributed by atoms with van der Waals surface area (Å²) in [5.41, 5.74) is 0.633. The van der Waals surface area contributed by atoms with Crippen molar-refractivity contribution in [1.82, 2.24) is 19.2 Å². The van der Waals surface area contributed by atoms with E-state index in [2.05, 4.69) is 10.3 Å². The molecule has 0 amide bonds. The van der Waals surface area contributed by atoms with E-state index in [0.29, 0.717) is 25.2 Å². The van der Waals surface area contributed by atoms with Gasteiger partial charge >= 0.3 is 0 Å². The molecule has 1 aromatic carbocycles. The Labute approximate surface area is 153 Å². The fourth-order valence-electron chi connectivity index (χ4n) is 2.82. The fourth-order valence-corrected chi connectivity index (χ4v) is 4.36. The molecule has 0 radical (unpaired) electrons. The minimum Gasteiger partial charge on any atom is -0.334 e. The molecule has 1 aliphatic rings. The molecule has 1 N–H and O–H groups in total. The van der Waals surface area contributed by atoms with E-state index >= 15 is 0 Å². The summed E-state index contributed by atoms with van der Waals surface area (Å²) in [7, 11) is -3.75. The van der Waals surface area contributed by atoms with Crippen LogP contribution in [0, 0.1) is 5.82 Å². The van der Waals surface area contributed by atoms with Gasteiger partial charge in [0, 0.05) is 31.9 Å². The van der Waals surface area contributed by atoms with Gasteiger partial charge in [-0.1, -0.05) is 12.1 Å². The summed E-state index contributed by atoms with van der Waals surface area (Å²) in [4.78, 5) is 4.07. The number of halogens is 2. The third-order valence-corrected chi connectivity index (χ3v) is 5.97. The van der Waals surface area contributed by atoms with E-state index in [4.69, 9.17) is 0 Å². The summed E-state index contributed by atoms with van der Waals surface area (Å²) in [6.07, 6.45) is 3.07. The van der Waals surface area contributed by atoms with Crippen molar-refractivity contribution in [3.05, 3.63) is 48.2 Å². The highest BCUT2D eigenvalue weighted by atomic mass is 35.5. The molecule has 0 bridgehead atoms. The van der Waals surface area contributed by atoms with Crippen LogP contribution in [0.2, 0.25) is 0 Å². The molecule has 25 heavy (non-hydrogen) atoms. The van der Waals surface area contributed by atoms with E-state index in [1.54, 1.807) is 22.9 Å². The smallest absolute Gasteiger partial charge is 0.262 e. The molecule has 1 fully saturated rings. The van der Waals surface area contributed by atoms with Gasteiger partial charge in [-0.25, -0.2) is 17.8 Å². The summed E-state index contributed by atoms with van der Waals surface area (Å²) in [6, 6.07) is 5.75. The molecule has 3 rings (SSSR count). The maximum absolute atomic E-state index is 13.6. The van der Waals surface area contributed by atoms with Gasteiger partial charge in [0.15, 0.2) is 5.03 Å². The van der Waals surface area contributed by atoms with E-state index in [1.165, 1.54) is 22.8 Å². The Kier molecular flexibility index (Phi) is 6.21. The molecule has 1 aromatic heterocycles. The molecule has 6 nitrogen and oxygen atoms in total. The van der Waals surface area contributed by atoms with Gasteiger partial charge in [-0.15, -0.1) is 12.4 Å². The number of aromatic nitrogens is 2. The first-order chi connectivity index (χ1) is 11.4. The molecule has 1 aliphatic heterocycles. The Morgan fingerprint density at radius 2 is 2.12 bits per heavy atom. The average Bonchev–Trinajstić information content (AvgIpc) is 3.06. The summed E-state index contributed by atoms with van der Waals surface area (Å²) in [6.45, 7) is 5.22. The fraction of sp³-hybridized carbons (Fsp3) is 0.438. The molecule has 2 heterocycles. The second-order valence-corrected chi connectivity index (χ2v) is 7.98. The quantitative estimate of drug-likeness (QED) is 0.873. The maximum Gasteiger partial charge on any atom is 0.262 e. The van der Waals surface area contributed by atoms with Gasteiger partial charge in [0.2, 0.25) is 0 Å². The molecule has 9 heteroatoms. The molecule has 0 aliphatic carbocycles. The predicted octanol–water partition coefficient (Wildman–Crippen LogP) is 2.36. The number of nitrogens with zero attached hydrogens (tertiary/aromatic N) is 3. The third kappa shape index (κ3) is 4.03. The predicted molar refractivity (Wildman–Crippen MR) is 95.8 cm³/mol. The summed E-state index contributed by atoms with van der Waals surface area (Å²) < 4.78 is 42.8. The largest absolute Gasteiger partial charge is 0.334 e. The van der Waals surface area contributed by atoms with Crippen LogP contribution >= 0.6 is 12.4 Å². The Morgan fingerprint density at radius 1 is 1.36 bits per heavy atom. The normalized spacial score (nSPS) is 19.0. The highest BCUT2D eigenvalue weighted by molar-refractivity contribution is 7.89. The first kappa shape index (κ1) is 19.8. The second kappa shape index (κ2) is 7.82. The lowest BCUT2D eigenvalue weighted by atomic mass is 10.1. The van der Waals surface area contributed by atoms with E-state index in [9.17, 15) is 12.8 Å². The van der Waals surface area contributed by atoms with Crippen molar-refractivity contribution in [3.8, 4) is 0 Å². The van der Waals surface area contributed by atoms with Crippen LogP contribution in [-0.2, 0) is 10.0 Å². The van der Waals surface area contributed by atoms with Gasteiger partial charge in [-0.3, -0.25) is 0 Å². The van der Waals surface area contributed by atoms with Crippen molar-refractivity contribution in [2.75, 3.05) is 19.6 Å². The van der Waals surface area contributed by atoms with Crippen LogP contribution in [-0.4, -0.2) is 41.9 Å². The number of sulfonamides is 1. The highest BCUT2D eigenvalue weighted by Gasteiger charge is 2.36. The third-order valence-electron chi connectivity index (χ3n) is 4.17. The first-order valence-corrected chi connectivity index (χ1v) is 9.35. The van der Waals surface area contributed by atoms with Crippen LogP contribution in [0.1, 0.15) is 31.5 Å². The van der Waals surface area contributed by atoms with Gasteiger partial charge in [0.25, 0.3) is 10.0 Å². The van der Waals surface area contributed by atoms with Crippen LogP contribution in [0.15, 0.2) is 41.8 Å². The van der Waals surface area contributed by atoms with Gasteiger partial charge in [0.1, 0.15) is 5.82 Å². The molecule has 1 atom stereocenters. The lowest BCUT2D eigenvalue weighted by molar-refractivity contribution is 0.270. The number of hydrogen-bond donors (Lipinski definition) is 1. The van der Waals surface area contributed by atoms with E-state index < -0.39 is 16.1 Å². The topological polar surface area (TPSA) is 67.2 Å². The summed E-state index contributed by atoms with van der Waals surface area (Å²) >= 11 is 0. The van der Waals surface area contributed by atoms with Crippen molar-refractivity contribution in [2.24, 2.45) is 0 Å². The number of benzene rings is 1. The van der Waals surface area contributed by atoms with Crippen molar-refractivity contribution in [1.29, 1.82) is 0 Å². The van der Waals surface area contributed by atoms with Crippen molar-refractivity contribution < 1.29 is 12.8 Å². The van der Waals surface area contributed by atoms with Crippen molar-refractivity contribution in [3.63, 3.8) is 0 Å². The lowest BCUT2D eigenvalue weighted by Crippen LogP contribution is -2.48. The monoisotopic (exact) mass is 388 g/mol. The molecular weight excluding hydrogens is 367 g/mol. The SMILES string of the molecule is CC(C)n1cnc(S(=O)(=O)N2CCNCC2c2cccc(F)c2)c1.Cl. The zero-order valence-electron chi connectivity index (χ0n) is 14.1. The minimum atomic E-state index is -3.75. The Morgan fingerprint density at radius 3 is 2.76 bits per heavy atom. The summed E-state index contributed by atoms with van der Waals surface area (Å²) in [5, 5.41) is 3.20. The van der Waals surface area contributed by atoms with E-state index in [-0.39, 0.29) is 29.3 Å². The van der Waals surface area contributed by atoms with Crippen LogP contribution in [0.25, 0.3) is 0 Å². The number of nitrogens with one attached hydrogen (secondary N) is 1. The standard InChI is InChI=1S/C16H21FN4O2S.ClH/c1-12(2)20-10-16(19-11-20)24(22,23)21-7-6-18-9-15(21)13-4-3-5-14(17)8-13;/h3-5,8,10-12,15,18H,6-7,9H2,1-2H3;1H. The van der Waals surface area contributed by atoms with Gasteiger partial charge in [-0.2, -0.15) is 4.31 Å². The lowest BCUT2D eigenvalue weighted by Gasteiger charge is -2.34. The number of piperazine rings is 1. The Hall–Kier alpha value is -1.48. The number of imidazole rings is 1. The van der Waals surface area contributed by atoms with Crippen molar-refractivity contribution in [2.45, 2.75) is 31.0 Å². The Balaban J connectivity index is 0.00000225. The maximum atomic E-state index is 13.6. The van der Waals surface area contributed by atoms with E-state index in [0.717, 1.165) is 0 Å². The van der Waals surface area contributed by atoms with Gasteiger partial charge in [0.05, 0.1) is 12.4 Å². The van der Waals surface area contributed by atoms with Crippen molar-refractivity contribution >= 4 is 22.4 Å². The molecule has 2 aromatic rings. The van der Waals surface area contributed by atoms with Crippen LogP contribution in [0.4, 0.5) is 4.39 Å². The molecule has 138 valence electrons. The van der Waals surface area contributed by atoms with Gasteiger partial charge < -0.3 is 9.88 Å². The summed E-state index contributed by atoms with van der Waals surface area (Å²) in [5.74, 6) is -0.375. The first-order valence-electron chi connectivity index (χ1n) is 7.91. The Bertz CT molecular complexity index is 825.